The maximum Gasteiger partial charge on any atom is 0.136 e. The smallest absolute Gasteiger partial charge is 0.136 e. The van der Waals surface area contributed by atoms with Gasteiger partial charge >= 0.3 is 0 Å². The van der Waals surface area contributed by atoms with Gasteiger partial charge in [0.15, 0.2) is 0 Å². The number of benzene rings is 1. The molecule has 5 nitrogen and oxygen atoms in total. The Morgan fingerprint density at radius 1 is 1.15 bits per heavy atom. The van der Waals surface area contributed by atoms with Crippen molar-refractivity contribution in [2.24, 2.45) is 0 Å². The first-order chi connectivity index (χ1) is 12.4. The van der Waals surface area contributed by atoms with Crippen LogP contribution < -0.4 is 4.90 Å². The Balaban J connectivity index is 1.83. The fourth-order valence-corrected chi connectivity index (χ4v) is 3.55. The number of aliphatic hydroxyl groups excluding tert-OH is 1. The molecule has 0 bridgehead atoms. The zero-order valence-electron chi connectivity index (χ0n) is 15.7. The third-order valence-corrected chi connectivity index (χ3v) is 4.77. The number of nitrogens with zero attached hydrogens (tertiary/aromatic N) is 4. The minimum Gasteiger partial charge on any atom is -0.392 e. The summed E-state index contributed by atoms with van der Waals surface area (Å²) >= 11 is 0. The quantitative estimate of drug-likeness (QED) is 0.889. The van der Waals surface area contributed by atoms with E-state index >= 15 is 0 Å². The van der Waals surface area contributed by atoms with Crippen molar-refractivity contribution in [3.8, 4) is 0 Å². The molecule has 0 spiro atoms. The summed E-state index contributed by atoms with van der Waals surface area (Å²) in [5.41, 5.74) is 2.93. The largest absolute Gasteiger partial charge is 0.392 e. The van der Waals surface area contributed by atoms with Gasteiger partial charge in [-0.1, -0.05) is 12.1 Å². The number of anilines is 1. The van der Waals surface area contributed by atoms with Gasteiger partial charge in [-0.2, -0.15) is 0 Å². The zero-order chi connectivity index (χ0) is 18.7. The SMILES string of the molecule is Cc1nc(C)c(Cc2cccc(F)c2)c(N2CCN(C[C@H](C)O)CC2)n1. The van der Waals surface area contributed by atoms with Crippen LogP contribution in [0, 0.1) is 19.7 Å². The van der Waals surface area contributed by atoms with Crippen LogP contribution in [0.5, 0.6) is 0 Å². The van der Waals surface area contributed by atoms with Crippen molar-refractivity contribution in [1.29, 1.82) is 0 Å². The summed E-state index contributed by atoms with van der Waals surface area (Å²) in [5, 5.41) is 9.58. The number of halogens is 1. The van der Waals surface area contributed by atoms with Crippen LogP contribution in [-0.2, 0) is 6.42 Å². The molecule has 0 amide bonds. The van der Waals surface area contributed by atoms with Gasteiger partial charge in [-0.3, -0.25) is 4.90 Å². The number of piperazine rings is 1. The average Bonchev–Trinajstić information content (AvgIpc) is 2.57. The summed E-state index contributed by atoms with van der Waals surface area (Å²) in [4.78, 5) is 13.8. The molecule has 1 aromatic carbocycles. The third-order valence-electron chi connectivity index (χ3n) is 4.77. The summed E-state index contributed by atoms with van der Waals surface area (Å²) in [6, 6.07) is 6.71. The van der Waals surface area contributed by atoms with Crippen LogP contribution in [-0.4, -0.2) is 58.8 Å². The summed E-state index contributed by atoms with van der Waals surface area (Å²) in [6.07, 6.45) is 0.307. The first-order valence-corrected chi connectivity index (χ1v) is 9.16. The molecular formula is C20H27FN4O. The lowest BCUT2D eigenvalue weighted by molar-refractivity contribution is 0.122. The van der Waals surface area contributed by atoms with Crippen molar-refractivity contribution in [1.82, 2.24) is 14.9 Å². The van der Waals surface area contributed by atoms with E-state index in [0.29, 0.717) is 13.0 Å². The van der Waals surface area contributed by atoms with Crippen molar-refractivity contribution in [3.63, 3.8) is 0 Å². The van der Waals surface area contributed by atoms with Crippen LogP contribution in [0.3, 0.4) is 0 Å². The fraction of sp³-hybridized carbons (Fsp3) is 0.500. The Morgan fingerprint density at radius 2 is 1.88 bits per heavy atom. The van der Waals surface area contributed by atoms with Gasteiger partial charge in [0.2, 0.25) is 0 Å². The molecule has 1 aliphatic rings. The van der Waals surface area contributed by atoms with E-state index in [2.05, 4.69) is 14.8 Å². The van der Waals surface area contributed by atoms with Crippen molar-refractivity contribution in [2.75, 3.05) is 37.6 Å². The van der Waals surface area contributed by atoms with Gasteiger partial charge in [-0.25, -0.2) is 14.4 Å². The molecule has 0 radical (unpaired) electrons. The predicted octanol–water partition coefficient (Wildman–Crippen LogP) is 2.33. The predicted molar refractivity (Wildman–Crippen MR) is 101 cm³/mol. The molecular weight excluding hydrogens is 331 g/mol. The van der Waals surface area contributed by atoms with Crippen LogP contribution in [0.15, 0.2) is 24.3 Å². The molecule has 0 unspecified atom stereocenters. The van der Waals surface area contributed by atoms with Crippen LogP contribution in [0.4, 0.5) is 10.2 Å². The van der Waals surface area contributed by atoms with Crippen LogP contribution in [0.25, 0.3) is 0 Å². The molecule has 1 saturated heterocycles. The van der Waals surface area contributed by atoms with Gasteiger partial charge in [0.05, 0.1) is 6.10 Å². The van der Waals surface area contributed by atoms with Crippen molar-refractivity contribution in [3.05, 3.63) is 52.7 Å². The van der Waals surface area contributed by atoms with Gasteiger partial charge < -0.3 is 10.0 Å². The van der Waals surface area contributed by atoms with Crippen molar-refractivity contribution < 1.29 is 9.50 Å². The highest BCUT2D eigenvalue weighted by Crippen LogP contribution is 2.25. The molecule has 0 saturated carbocycles. The van der Waals surface area contributed by atoms with Gasteiger partial charge in [0.25, 0.3) is 0 Å². The standard InChI is InChI=1S/C20H27FN4O/c1-14(26)13-24-7-9-25(10-8-24)20-19(15(2)22-16(3)23-20)12-17-5-4-6-18(21)11-17/h4-6,11,14,26H,7-10,12-13H2,1-3H3/t14-/m0/s1. The fourth-order valence-electron chi connectivity index (χ4n) is 3.55. The number of hydrogen-bond acceptors (Lipinski definition) is 5. The topological polar surface area (TPSA) is 52.5 Å². The maximum atomic E-state index is 13.6. The highest BCUT2D eigenvalue weighted by Gasteiger charge is 2.22. The monoisotopic (exact) mass is 358 g/mol. The third kappa shape index (κ3) is 4.56. The molecule has 1 N–H and O–H groups in total. The lowest BCUT2D eigenvalue weighted by Crippen LogP contribution is -2.48. The number of aryl methyl sites for hydroxylation is 2. The number of β-amino-alcohol motifs (C(OH)–C–C–N with tert-alkyl or cyclic N) is 1. The van der Waals surface area contributed by atoms with E-state index in [-0.39, 0.29) is 11.9 Å². The van der Waals surface area contributed by atoms with Crippen LogP contribution >= 0.6 is 0 Å². The number of aliphatic hydroxyl groups is 1. The maximum absolute atomic E-state index is 13.6. The summed E-state index contributed by atoms with van der Waals surface area (Å²) < 4.78 is 13.6. The molecule has 6 heteroatoms. The first-order valence-electron chi connectivity index (χ1n) is 9.16. The molecule has 140 valence electrons. The molecule has 0 aliphatic carbocycles. The number of hydrogen-bond donors (Lipinski definition) is 1. The van der Waals surface area contributed by atoms with Gasteiger partial charge in [0.1, 0.15) is 17.5 Å². The minimum atomic E-state index is -0.311. The molecule has 2 heterocycles. The summed E-state index contributed by atoms with van der Waals surface area (Å²) in [5.74, 6) is 1.49. The molecule has 1 fully saturated rings. The molecule has 2 aromatic rings. The van der Waals surface area contributed by atoms with E-state index in [1.54, 1.807) is 12.1 Å². The Morgan fingerprint density at radius 3 is 2.54 bits per heavy atom. The highest BCUT2D eigenvalue weighted by molar-refractivity contribution is 5.51. The van der Waals surface area contributed by atoms with Gasteiger partial charge in [0, 0.05) is 50.4 Å². The van der Waals surface area contributed by atoms with E-state index < -0.39 is 0 Å². The molecule has 3 rings (SSSR count). The van der Waals surface area contributed by atoms with Gasteiger partial charge in [-0.05, 0) is 38.5 Å². The molecule has 26 heavy (non-hydrogen) atoms. The number of rotatable bonds is 5. The molecule has 1 aromatic heterocycles. The van der Waals surface area contributed by atoms with E-state index in [1.165, 1.54) is 6.07 Å². The Labute approximate surface area is 154 Å². The lowest BCUT2D eigenvalue weighted by atomic mass is 10.0. The van der Waals surface area contributed by atoms with E-state index in [0.717, 1.165) is 54.6 Å². The van der Waals surface area contributed by atoms with Gasteiger partial charge in [-0.15, -0.1) is 0 Å². The van der Waals surface area contributed by atoms with E-state index in [4.69, 9.17) is 4.98 Å². The Hall–Kier alpha value is -2.05. The summed E-state index contributed by atoms with van der Waals surface area (Å²) in [7, 11) is 0. The second-order valence-electron chi connectivity index (χ2n) is 7.10. The highest BCUT2D eigenvalue weighted by atomic mass is 19.1. The molecule has 1 atom stereocenters. The lowest BCUT2D eigenvalue weighted by Gasteiger charge is -2.37. The molecule has 1 aliphatic heterocycles. The van der Waals surface area contributed by atoms with E-state index in [9.17, 15) is 9.50 Å². The van der Waals surface area contributed by atoms with E-state index in [1.807, 2.05) is 26.8 Å². The second-order valence-corrected chi connectivity index (χ2v) is 7.10. The van der Waals surface area contributed by atoms with Crippen LogP contribution in [0.2, 0.25) is 0 Å². The minimum absolute atomic E-state index is 0.221. The normalized spacial score (nSPS) is 16.7. The first kappa shape index (κ1) is 18.7. The Bertz CT molecular complexity index is 757. The zero-order valence-corrected chi connectivity index (χ0v) is 15.7. The van der Waals surface area contributed by atoms with Crippen LogP contribution in [0.1, 0.15) is 29.6 Å². The van der Waals surface area contributed by atoms with Crippen molar-refractivity contribution >= 4 is 5.82 Å². The van der Waals surface area contributed by atoms with Crippen molar-refractivity contribution in [2.45, 2.75) is 33.3 Å². The summed E-state index contributed by atoms with van der Waals surface area (Å²) in [6.45, 7) is 9.94. The second kappa shape index (κ2) is 8.10. The average molecular weight is 358 g/mol. The Kier molecular flexibility index (Phi) is 5.84. The number of aromatic nitrogens is 2.